The van der Waals surface area contributed by atoms with Crippen LogP contribution in [0.3, 0.4) is 0 Å². The van der Waals surface area contributed by atoms with Crippen LogP contribution in [-0.4, -0.2) is 22.8 Å². The van der Waals surface area contributed by atoms with E-state index in [0.717, 1.165) is 28.5 Å². The van der Waals surface area contributed by atoms with Crippen molar-refractivity contribution in [3.8, 4) is 0 Å². The van der Waals surface area contributed by atoms with Gasteiger partial charge in [-0.2, -0.15) is 13.2 Å². The molecule has 1 saturated heterocycles. The molecule has 1 fully saturated rings. The molecule has 0 atom stereocenters. The predicted octanol–water partition coefficient (Wildman–Crippen LogP) is 6.01. The summed E-state index contributed by atoms with van der Waals surface area (Å²) >= 11 is 5.69. The Bertz CT molecular complexity index is 1080. The fourth-order valence-corrected chi connectivity index (χ4v) is 4.39. The van der Waals surface area contributed by atoms with E-state index in [0.29, 0.717) is 0 Å². The van der Waals surface area contributed by atoms with Crippen molar-refractivity contribution in [1.29, 1.82) is 0 Å². The molecule has 0 aliphatic carbocycles. The zero-order chi connectivity index (χ0) is 21.6. The molecule has 0 saturated carbocycles. The molecule has 0 radical (unpaired) electrons. The summed E-state index contributed by atoms with van der Waals surface area (Å²) in [7, 11) is 0. The summed E-state index contributed by atoms with van der Waals surface area (Å²) in [5.41, 5.74) is -1.39. The summed E-state index contributed by atoms with van der Waals surface area (Å²) in [6, 6.07) is 17.2. The minimum Gasteiger partial charge on any atom is -0.633 e. The zero-order valence-corrected chi connectivity index (χ0v) is 16.9. The van der Waals surface area contributed by atoms with Crippen LogP contribution in [0.5, 0.6) is 0 Å². The second-order valence-electron chi connectivity index (χ2n) is 8.07. The van der Waals surface area contributed by atoms with Crippen LogP contribution >= 0.6 is 11.6 Å². The van der Waals surface area contributed by atoms with Gasteiger partial charge in [0.25, 0.3) is 0 Å². The van der Waals surface area contributed by atoms with Crippen LogP contribution < -0.4 is 0 Å². The van der Waals surface area contributed by atoms with Gasteiger partial charge in [0.2, 0.25) is 0 Å². The Hall–Kier alpha value is -2.12. The Morgan fingerprint density at radius 2 is 1.63 bits per heavy atom. The minimum absolute atomic E-state index is 0.0863. The molecule has 158 valence electrons. The molecule has 1 aliphatic heterocycles. The third-order valence-corrected chi connectivity index (χ3v) is 6.29. The number of nitrogens with zero attached hydrogens (tertiary/aromatic N) is 1. The normalized spacial score (nSPS) is 24.9. The van der Waals surface area contributed by atoms with Gasteiger partial charge >= 0.3 is 6.18 Å². The molecule has 30 heavy (non-hydrogen) atoms. The van der Waals surface area contributed by atoms with E-state index in [4.69, 9.17) is 11.6 Å². The van der Waals surface area contributed by atoms with Gasteiger partial charge in [-0.3, -0.25) is 0 Å². The van der Waals surface area contributed by atoms with Crippen molar-refractivity contribution in [2.45, 2.75) is 31.2 Å². The van der Waals surface area contributed by atoms with Gasteiger partial charge in [0.1, 0.15) is 12.1 Å². The maximum atomic E-state index is 13.3. The van der Waals surface area contributed by atoms with Gasteiger partial charge in [-0.05, 0) is 34.5 Å². The van der Waals surface area contributed by atoms with E-state index in [2.05, 4.69) is 0 Å². The molecule has 1 N–H and O–H groups in total. The third-order valence-electron chi connectivity index (χ3n) is 5.96. The highest BCUT2D eigenvalue weighted by Gasteiger charge is 2.41. The van der Waals surface area contributed by atoms with Gasteiger partial charge in [-0.15, -0.1) is 0 Å². The van der Waals surface area contributed by atoms with E-state index in [1.165, 1.54) is 6.07 Å². The monoisotopic (exact) mass is 435 g/mol. The first-order valence-electron chi connectivity index (χ1n) is 9.72. The summed E-state index contributed by atoms with van der Waals surface area (Å²) in [6.45, 7) is 0.496. The number of likely N-dealkylation sites (tertiary alicyclic amines) is 1. The SMILES string of the molecule is [O-][N+]1(Cc2ccc3ccccc3c2)CCC(O)(c2ccc(Cl)c(C(F)(F)F)c2)CC1. The van der Waals surface area contributed by atoms with Crippen molar-refractivity contribution < 1.29 is 22.9 Å². The smallest absolute Gasteiger partial charge is 0.417 e. The van der Waals surface area contributed by atoms with Crippen LogP contribution in [0.15, 0.2) is 60.7 Å². The topological polar surface area (TPSA) is 43.3 Å². The van der Waals surface area contributed by atoms with Crippen molar-refractivity contribution in [2.75, 3.05) is 13.1 Å². The second kappa shape index (κ2) is 7.54. The molecule has 0 aromatic heterocycles. The molecule has 0 unspecified atom stereocenters. The second-order valence-corrected chi connectivity index (χ2v) is 8.48. The van der Waals surface area contributed by atoms with Crippen molar-refractivity contribution in [1.82, 2.24) is 0 Å². The van der Waals surface area contributed by atoms with Crippen LogP contribution in [0.25, 0.3) is 10.8 Å². The van der Waals surface area contributed by atoms with E-state index in [1.807, 2.05) is 42.5 Å². The number of alkyl halides is 3. The Balaban J connectivity index is 1.52. The first-order chi connectivity index (χ1) is 14.1. The standard InChI is InChI=1S/C23H21ClF3NO2/c24-21-8-7-19(14-20(21)23(25,26)27)22(29)9-11-28(30,12-10-22)15-16-5-6-17-3-1-2-4-18(17)13-16/h1-8,13-14,29H,9-12,15H2. The molecule has 7 heteroatoms. The minimum atomic E-state index is -4.60. The van der Waals surface area contributed by atoms with Crippen molar-refractivity contribution in [3.63, 3.8) is 0 Å². The van der Waals surface area contributed by atoms with E-state index in [9.17, 15) is 23.5 Å². The molecule has 0 amide bonds. The number of piperidine rings is 1. The van der Waals surface area contributed by atoms with Crippen LogP contribution in [0.4, 0.5) is 13.2 Å². The average Bonchev–Trinajstić information content (AvgIpc) is 2.70. The highest BCUT2D eigenvalue weighted by molar-refractivity contribution is 6.31. The first kappa shape index (κ1) is 21.1. The summed E-state index contributed by atoms with van der Waals surface area (Å²) in [5.74, 6) is 0. The molecular weight excluding hydrogens is 415 g/mol. The summed E-state index contributed by atoms with van der Waals surface area (Å²) in [4.78, 5) is 0. The number of hydrogen-bond acceptors (Lipinski definition) is 2. The van der Waals surface area contributed by atoms with Crippen LogP contribution in [0, 0.1) is 5.21 Å². The number of aliphatic hydroxyl groups is 1. The van der Waals surface area contributed by atoms with Gasteiger partial charge in [-0.1, -0.05) is 54.1 Å². The van der Waals surface area contributed by atoms with Crippen molar-refractivity contribution in [2.24, 2.45) is 0 Å². The van der Waals surface area contributed by atoms with Gasteiger partial charge < -0.3 is 15.0 Å². The summed E-state index contributed by atoms with van der Waals surface area (Å²) < 4.78 is 39.0. The number of fused-ring (bicyclic) bond motifs is 1. The van der Waals surface area contributed by atoms with E-state index >= 15 is 0 Å². The summed E-state index contributed by atoms with van der Waals surface area (Å²) in [5, 5.41) is 26.0. The molecule has 3 nitrogen and oxygen atoms in total. The number of quaternary nitrogens is 1. The van der Waals surface area contributed by atoms with E-state index in [1.54, 1.807) is 0 Å². The van der Waals surface area contributed by atoms with Gasteiger partial charge in [0, 0.05) is 18.4 Å². The Morgan fingerprint density at radius 3 is 2.30 bits per heavy atom. The van der Waals surface area contributed by atoms with Gasteiger partial charge in [0.05, 0.1) is 23.7 Å². The molecule has 4 rings (SSSR count). The van der Waals surface area contributed by atoms with Gasteiger partial charge in [-0.25, -0.2) is 0 Å². The molecule has 0 spiro atoms. The molecular formula is C23H21ClF3NO2. The lowest BCUT2D eigenvalue weighted by Gasteiger charge is -2.50. The summed E-state index contributed by atoms with van der Waals surface area (Å²) in [6.07, 6.45) is -4.43. The largest absolute Gasteiger partial charge is 0.633 e. The predicted molar refractivity (Wildman–Crippen MR) is 111 cm³/mol. The first-order valence-corrected chi connectivity index (χ1v) is 10.1. The van der Waals surface area contributed by atoms with Crippen LogP contribution in [0.1, 0.15) is 29.5 Å². The highest BCUT2D eigenvalue weighted by atomic mass is 35.5. The maximum Gasteiger partial charge on any atom is 0.417 e. The molecule has 0 bridgehead atoms. The highest BCUT2D eigenvalue weighted by Crippen LogP contribution is 2.41. The maximum absolute atomic E-state index is 13.3. The zero-order valence-electron chi connectivity index (χ0n) is 16.1. The molecule has 3 aromatic carbocycles. The lowest BCUT2D eigenvalue weighted by molar-refractivity contribution is -0.901. The van der Waals surface area contributed by atoms with Crippen molar-refractivity contribution >= 4 is 22.4 Å². The fraction of sp³-hybridized carbons (Fsp3) is 0.304. The van der Waals surface area contributed by atoms with Crippen LogP contribution in [-0.2, 0) is 18.3 Å². The quantitative estimate of drug-likeness (QED) is 0.404. The number of halogens is 4. The number of hydrogen-bond donors (Lipinski definition) is 1. The fourth-order valence-electron chi connectivity index (χ4n) is 4.16. The molecule has 1 heterocycles. The number of rotatable bonds is 3. The number of hydroxylamine groups is 3. The van der Waals surface area contributed by atoms with Gasteiger partial charge in [0.15, 0.2) is 0 Å². The lowest BCUT2D eigenvalue weighted by Crippen LogP contribution is -2.52. The van der Waals surface area contributed by atoms with Crippen LogP contribution in [0.2, 0.25) is 5.02 Å². The van der Waals surface area contributed by atoms with E-state index < -0.39 is 27.0 Å². The molecule has 1 aliphatic rings. The van der Waals surface area contributed by atoms with E-state index in [-0.39, 0.29) is 38.0 Å². The lowest BCUT2D eigenvalue weighted by atomic mass is 9.83. The number of benzene rings is 3. The Morgan fingerprint density at radius 1 is 0.967 bits per heavy atom. The Labute approximate surface area is 177 Å². The van der Waals surface area contributed by atoms with Crippen molar-refractivity contribution in [3.05, 3.63) is 87.6 Å². The third kappa shape index (κ3) is 4.18. The Kier molecular flexibility index (Phi) is 5.31. The average molecular weight is 436 g/mol. The molecule has 3 aromatic rings.